The van der Waals surface area contributed by atoms with Gasteiger partial charge in [0.15, 0.2) is 0 Å². The maximum atomic E-state index is 12.6. The number of nitrogens with one attached hydrogen (secondary N) is 1. The van der Waals surface area contributed by atoms with E-state index in [0.717, 1.165) is 25.7 Å². The van der Waals surface area contributed by atoms with Gasteiger partial charge in [-0.3, -0.25) is 4.79 Å². The fraction of sp³-hybridized carbons (Fsp3) is 0.588. The highest BCUT2D eigenvalue weighted by Gasteiger charge is 2.27. The third-order valence-corrected chi connectivity index (χ3v) is 6.19. The van der Waals surface area contributed by atoms with Gasteiger partial charge in [-0.25, -0.2) is 8.42 Å². The van der Waals surface area contributed by atoms with E-state index < -0.39 is 10.0 Å². The van der Waals surface area contributed by atoms with Gasteiger partial charge in [-0.1, -0.05) is 20.3 Å². The zero-order chi connectivity index (χ0) is 16.9. The number of nitrogens with zero attached hydrogens (tertiary/aromatic N) is 1. The number of carbonyl (C=O) groups is 1. The van der Waals surface area contributed by atoms with Crippen LogP contribution in [0.3, 0.4) is 0 Å². The van der Waals surface area contributed by atoms with Gasteiger partial charge in [0.1, 0.15) is 0 Å². The number of anilines is 1. The first-order chi connectivity index (χ1) is 10.9. The number of hydrogen-bond acceptors (Lipinski definition) is 3. The minimum Gasteiger partial charge on any atom is -0.326 e. The van der Waals surface area contributed by atoms with Crippen molar-refractivity contribution in [1.82, 2.24) is 4.31 Å². The molecule has 23 heavy (non-hydrogen) atoms. The van der Waals surface area contributed by atoms with Gasteiger partial charge in [-0.05, 0) is 49.4 Å². The van der Waals surface area contributed by atoms with E-state index in [1.807, 2.05) is 6.92 Å². The molecule has 0 spiro atoms. The van der Waals surface area contributed by atoms with Crippen molar-refractivity contribution in [3.63, 3.8) is 0 Å². The lowest BCUT2D eigenvalue weighted by Gasteiger charge is -2.29. The van der Waals surface area contributed by atoms with Crippen molar-refractivity contribution in [3.8, 4) is 0 Å². The van der Waals surface area contributed by atoms with E-state index in [0.29, 0.717) is 36.0 Å². The Labute approximate surface area is 139 Å². The molecule has 5 nitrogen and oxygen atoms in total. The van der Waals surface area contributed by atoms with Crippen LogP contribution >= 0.6 is 0 Å². The Bertz CT molecular complexity index is 618. The molecule has 6 heteroatoms. The van der Waals surface area contributed by atoms with Crippen LogP contribution in [0.1, 0.15) is 46.0 Å². The summed E-state index contributed by atoms with van der Waals surface area (Å²) in [5, 5.41) is 2.79. The Balaban J connectivity index is 2.02. The summed E-state index contributed by atoms with van der Waals surface area (Å²) >= 11 is 0. The second-order valence-electron chi connectivity index (χ2n) is 6.26. The fourth-order valence-electron chi connectivity index (χ4n) is 2.65. The van der Waals surface area contributed by atoms with Crippen molar-refractivity contribution in [2.45, 2.75) is 50.8 Å². The van der Waals surface area contributed by atoms with E-state index in [-0.39, 0.29) is 5.91 Å². The van der Waals surface area contributed by atoms with Crippen LogP contribution in [0.15, 0.2) is 29.2 Å². The Morgan fingerprint density at radius 3 is 2.39 bits per heavy atom. The monoisotopic (exact) mass is 338 g/mol. The smallest absolute Gasteiger partial charge is 0.243 e. The molecular formula is C17H26N2O3S. The fourth-order valence-corrected chi connectivity index (χ4v) is 4.12. The Kier molecular flexibility index (Phi) is 6.18. The highest BCUT2D eigenvalue weighted by molar-refractivity contribution is 7.89. The minimum atomic E-state index is -3.42. The number of amides is 1. The molecule has 0 atom stereocenters. The summed E-state index contributed by atoms with van der Waals surface area (Å²) in [6.07, 6.45) is 4.13. The molecule has 1 aliphatic heterocycles. The highest BCUT2D eigenvalue weighted by atomic mass is 32.2. The topological polar surface area (TPSA) is 66.5 Å². The van der Waals surface area contributed by atoms with Crippen molar-refractivity contribution in [3.05, 3.63) is 24.3 Å². The van der Waals surface area contributed by atoms with Crippen LogP contribution in [0.2, 0.25) is 0 Å². The summed E-state index contributed by atoms with van der Waals surface area (Å²) in [4.78, 5) is 12.0. The first-order valence-corrected chi connectivity index (χ1v) is 9.77. The van der Waals surface area contributed by atoms with Crippen LogP contribution in [0.5, 0.6) is 0 Å². The van der Waals surface area contributed by atoms with E-state index in [2.05, 4.69) is 12.2 Å². The van der Waals surface area contributed by atoms with Crippen LogP contribution in [0.4, 0.5) is 5.69 Å². The van der Waals surface area contributed by atoms with Crippen molar-refractivity contribution in [2.24, 2.45) is 5.92 Å². The summed E-state index contributed by atoms with van der Waals surface area (Å²) in [5.41, 5.74) is 0.636. The normalized spacial score (nSPS) is 17.1. The van der Waals surface area contributed by atoms with Gasteiger partial charge in [0.05, 0.1) is 4.90 Å². The zero-order valence-electron chi connectivity index (χ0n) is 13.9. The van der Waals surface area contributed by atoms with Gasteiger partial charge in [0.2, 0.25) is 15.9 Å². The van der Waals surface area contributed by atoms with E-state index in [1.54, 1.807) is 28.6 Å². The molecule has 0 aromatic heterocycles. The SMILES string of the molecule is CCCCC(=O)Nc1ccc(S(=O)(=O)N2CCC(C)CC2)cc1. The number of piperidine rings is 1. The molecule has 0 saturated carbocycles. The van der Waals surface area contributed by atoms with Crippen molar-refractivity contribution < 1.29 is 13.2 Å². The Morgan fingerprint density at radius 2 is 1.83 bits per heavy atom. The van der Waals surface area contributed by atoms with Crippen LogP contribution < -0.4 is 5.32 Å². The van der Waals surface area contributed by atoms with Crippen molar-refractivity contribution in [2.75, 3.05) is 18.4 Å². The first-order valence-electron chi connectivity index (χ1n) is 8.33. The first kappa shape index (κ1) is 17.9. The molecule has 1 saturated heterocycles. The Hall–Kier alpha value is -1.40. The highest BCUT2D eigenvalue weighted by Crippen LogP contribution is 2.24. The standard InChI is InChI=1S/C17H26N2O3S/c1-3-4-5-17(20)18-15-6-8-16(9-7-15)23(21,22)19-12-10-14(2)11-13-19/h6-9,14H,3-5,10-13H2,1-2H3,(H,18,20). The molecule has 1 heterocycles. The third kappa shape index (κ3) is 4.78. The number of hydrogen-bond donors (Lipinski definition) is 1. The summed E-state index contributed by atoms with van der Waals surface area (Å²) in [6.45, 7) is 5.35. The molecule has 0 bridgehead atoms. The van der Waals surface area contributed by atoms with Gasteiger partial charge < -0.3 is 5.32 Å². The average Bonchev–Trinajstić information content (AvgIpc) is 2.54. The lowest BCUT2D eigenvalue weighted by Crippen LogP contribution is -2.37. The second-order valence-corrected chi connectivity index (χ2v) is 8.20. The summed E-state index contributed by atoms with van der Waals surface area (Å²) in [7, 11) is -3.42. The molecule has 1 aromatic rings. The molecule has 1 aromatic carbocycles. The van der Waals surface area contributed by atoms with Crippen LogP contribution in [0, 0.1) is 5.92 Å². The molecule has 0 radical (unpaired) electrons. The average molecular weight is 338 g/mol. The van der Waals surface area contributed by atoms with Crippen molar-refractivity contribution >= 4 is 21.6 Å². The summed E-state index contributed by atoms with van der Waals surface area (Å²) < 4.78 is 26.8. The third-order valence-electron chi connectivity index (χ3n) is 4.28. The molecule has 1 N–H and O–H groups in total. The molecule has 0 aliphatic carbocycles. The lowest BCUT2D eigenvalue weighted by molar-refractivity contribution is -0.116. The van der Waals surface area contributed by atoms with E-state index in [9.17, 15) is 13.2 Å². The molecule has 128 valence electrons. The van der Waals surface area contributed by atoms with Crippen molar-refractivity contribution in [1.29, 1.82) is 0 Å². The maximum absolute atomic E-state index is 12.6. The predicted molar refractivity (Wildman–Crippen MR) is 91.8 cm³/mol. The number of benzene rings is 1. The van der Waals surface area contributed by atoms with E-state index >= 15 is 0 Å². The van der Waals surface area contributed by atoms with Crippen LogP contribution in [-0.2, 0) is 14.8 Å². The maximum Gasteiger partial charge on any atom is 0.243 e. The molecular weight excluding hydrogens is 312 g/mol. The van der Waals surface area contributed by atoms with Crippen LogP contribution in [-0.4, -0.2) is 31.7 Å². The molecule has 2 rings (SSSR count). The van der Waals surface area contributed by atoms with E-state index in [1.165, 1.54) is 0 Å². The molecule has 1 amide bonds. The Morgan fingerprint density at radius 1 is 1.22 bits per heavy atom. The number of rotatable bonds is 6. The number of sulfonamides is 1. The second kappa shape index (κ2) is 7.93. The molecule has 1 aliphatic rings. The van der Waals surface area contributed by atoms with Gasteiger partial charge in [0.25, 0.3) is 0 Å². The van der Waals surface area contributed by atoms with Gasteiger partial charge in [-0.2, -0.15) is 4.31 Å². The number of carbonyl (C=O) groups excluding carboxylic acids is 1. The number of unbranched alkanes of at least 4 members (excludes halogenated alkanes) is 1. The van der Waals surface area contributed by atoms with Gasteiger partial charge in [0, 0.05) is 25.2 Å². The molecule has 0 unspecified atom stereocenters. The predicted octanol–water partition coefficient (Wildman–Crippen LogP) is 3.24. The zero-order valence-corrected chi connectivity index (χ0v) is 14.7. The largest absolute Gasteiger partial charge is 0.326 e. The lowest BCUT2D eigenvalue weighted by atomic mass is 10.0. The van der Waals surface area contributed by atoms with Gasteiger partial charge >= 0.3 is 0 Å². The molecule has 1 fully saturated rings. The quantitative estimate of drug-likeness (QED) is 0.866. The van der Waals surface area contributed by atoms with E-state index in [4.69, 9.17) is 0 Å². The summed E-state index contributed by atoms with van der Waals surface area (Å²) in [6, 6.07) is 6.46. The van der Waals surface area contributed by atoms with Gasteiger partial charge in [-0.15, -0.1) is 0 Å². The van der Waals surface area contributed by atoms with Crippen LogP contribution in [0.25, 0.3) is 0 Å². The summed E-state index contributed by atoms with van der Waals surface area (Å²) in [5.74, 6) is 0.551. The minimum absolute atomic E-state index is 0.0347.